The number of aryl methyl sites for hydroxylation is 1. The molecule has 2 aliphatic rings. The molecule has 1 aromatic heterocycles. The molecule has 4 rings (SSSR count). The molecule has 1 saturated heterocycles. The first-order valence-corrected chi connectivity index (χ1v) is 9.47. The van der Waals surface area contributed by atoms with Crippen LogP contribution in [0.25, 0.3) is 0 Å². The number of hydroxylamine groups is 2. The molecular weight excluding hydrogens is 336 g/mol. The fourth-order valence-electron chi connectivity index (χ4n) is 3.69. The Kier molecular flexibility index (Phi) is 4.50. The van der Waals surface area contributed by atoms with Crippen LogP contribution in [0.5, 0.6) is 0 Å². The van der Waals surface area contributed by atoms with Crippen LogP contribution in [0.15, 0.2) is 36.4 Å². The summed E-state index contributed by atoms with van der Waals surface area (Å²) in [5.74, 6) is 0.259. The number of hydrogen-bond donors (Lipinski definition) is 0. The van der Waals surface area contributed by atoms with Gasteiger partial charge in [-0.3, -0.25) is 9.74 Å². The highest BCUT2D eigenvalue weighted by atomic mass is 32.1. The Morgan fingerprint density at radius 2 is 2.16 bits per heavy atom. The lowest BCUT2D eigenvalue weighted by atomic mass is 9.91. The van der Waals surface area contributed by atoms with Crippen molar-refractivity contribution in [2.75, 3.05) is 24.7 Å². The van der Waals surface area contributed by atoms with Gasteiger partial charge in [0.25, 0.3) is 0 Å². The topological polar surface area (TPSA) is 42.0 Å². The highest BCUT2D eigenvalue weighted by molar-refractivity contribution is 7.16. The zero-order valence-electron chi connectivity index (χ0n) is 14.5. The van der Waals surface area contributed by atoms with Crippen LogP contribution in [0, 0.1) is 12.8 Å². The number of thiophene rings is 1. The van der Waals surface area contributed by atoms with Crippen LogP contribution >= 0.6 is 11.3 Å². The first kappa shape index (κ1) is 16.6. The standard InChI is InChI=1S/C19H22N2O3S/c1-3-23-19(22)20-11-15-12-24-21(10-14-7-5-4-6-8-14)17(15)16-9-13(2)25-18(16)20/h4-9,15,17H,3,10-12H2,1-2H3/t15-,17+/m1/s1. The van der Waals surface area contributed by atoms with Gasteiger partial charge in [-0.15, -0.1) is 11.3 Å². The predicted molar refractivity (Wildman–Crippen MR) is 97.6 cm³/mol. The molecule has 25 heavy (non-hydrogen) atoms. The summed E-state index contributed by atoms with van der Waals surface area (Å²) in [4.78, 5) is 21.4. The molecule has 0 aliphatic carbocycles. The largest absolute Gasteiger partial charge is 0.449 e. The summed E-state index contributed by atoms with van der Waals surface area (Å²) < 4.78 is 5.26. The SMILES string of the molecule is CCOC(=O)N1C[C@@H]2CON(Cc3ccccc3)[C@@H]2c2cc(C)sc21. The van der Waals surface area contributed by atoms with Crippen LogP contribution in [-0.4, -0.2) is 30.9 Å². The highest BCUT2D eigenvalue weighted by Crippen LogP contribution is 2.48. The van der Waals surface area contributed by atoms with Crippen molar-refractivity contribution in [1.29, 1.82) is 0 Å². The number of ether oxygens (including phenoxy) is 1. The Hall–Kier alpha value is -1.89. The van der Waals surface area contributed by atoms with Crippen molar-refractivity contribution in [3.8, 4) is 0 Å². The van der Waals surface area contributed by atoms with Crippen LogP contribution in [0.3, 0.4) is 0 Å². The number of carbonyl (C=O) groups excluding carboxylic acids is 1. The minimum absolute atomic E-state index is 0.186. The van der Waals surface area contributed by atoms with E-state index in [1.54, 1.807) is 16.2 Å². The van der Waals surface area contributed by atoms with Crippen LogP contribution < -0.4 is 4.90 Å². The first-order chi connectivity index (χ1) is 12.2. The maximum atomic E-state index is 12.4. The van der Waals surface area contributed by atoms with Gasteiger partial charge in [-0.05, 0) is 25.5 Å². The van der Waals surface area contributed by atoms with Gasteiger partial charge in [0, 0.05) is 29.4 Å². The molecule has 0 unspecified atom stereocenters. The Morgan fingerprint density at radius 3 is 2.92 bits per heavy atom. The number of rotatable bonds is 3. The first-order valence-electron chi connectivity index (χ1n) is 8.65. The van der Waals surface area contributed by atoms with Crippen molar-refractivity contribution >= 4 is 22.4 Å². The van der Waals surface area contributed by atoms with Gasteiger partial charge in [0.2, 0.25) is 0 Å². The molecule has 2 aliphatic heterocycles. The van der Waals surface area contributed by atoms with Gasteiger partial charge in [0.1, 0.15) is 5.00 Å². The summed E-state index contributed by atoms with van der Waals surface area (Å²) in [6, 6.07) is 12.7. The second-order valence-corrected chi connectivity index (χ2v) is 7.72. The van der Waals surface area contributed by atoms with E-state index >= 15 is 0 Å². The monoisotopic (exact) mass is 358 g/mol. The summed E-state index contributed by atoms with van der Waals surface area (Å²) >= 11 is 1.65. The Morgan fingerprint density at radius 1 is 1.36 bits per heavy atom. The molecule has 1 aromatic carbocycles. The zero-order valence-corrected chi connectivity index (χ0v) is 15.3. The summed E-state index contributed by atoms with van der Waals surface area (Å²) in [5, 5.41) is 3.08. The van der Waals surface area contributed by atoms with Crippen molar-refractivity contribution in [2.24, 2.45) is 5.92 Å². The number of benzene rings is 1. The van der Waals surface area contributed by atoms with Crippen LogP contribution in [0.4, 0.5) is 9.80 Å². The minimum atomic E-state index is -0.259. The molecule has 0 bridgehead atoms. The van der Waals surface area contributed by atoms with E-state index in [0.717, 1.165) is 11.5 Å². The molecule has 0 spiro atoms. The third kappa shape index (κ3) is 3.05. The second kappa shape index (κ2) is 6.78. The fraction of sp³-hybridized carbons (Fsp3) is 0.421. The van der Waals surface area contributed by atoms with Crippen LogP contribution in [0.1, 0.15) is 29.0 Å². The number of amides is 1. The van der Waals surface area contributed by atoms with Gasteiger partial charge < -0.3 is 4.74 Å². The number of anilines is 1. The van der Waals surface area contributed by atoms with E-state index in [1.165, 1.54) is 16.0 Å². The quantitative estimate of drug-likeness (QED) is 0.827. The number of fused-ring (bicyclic) bond motifs is 3. The molecule has 2 aromatic rings. The lowest BCUT2D eigenvalue weighted by molar-refractivity contribution is -0.140. The van der Waals surface area contributed by atoms with Crippen molar-refractivity contribution in [3.63, 3.8) is 0 Å². The molecule has 5 nitrogen and oxygen atoms in total. The second-order valence-electron chi connectivity index (χ2n) is 6.49. The van der Waals surface area contributed by atoms with Gasteiger partial charge in [0.15, 0.2) is 0 Å². The number of hydrogen-bond acceptors (Lipinski definition) is 5. The minimum Gasteiger partial charge on any atom is -0.449 e. The van der Waals surface area contributed by atoms with Crippen molar-refractivity contribution in [3.05, 3.63) is 52.4 Å². The van der Waals surface area contributed by atoms with E-state index in [4.69, 9.17) is 9.57 Å². The molecule has 6 heteroatoms. The Balaban J connectivity index is 1.64. The predicted octanol–water partition coefficient (Wildman–Crippen LogP) is 4.14. The fourth-order valence-corrected chi connectivity index (χ4v) is 4.74. The summed E-state index contributed by atoms with van der Waals surface area (Å²) in [7, 11) is 0. The van der Waals surface area contributed by atoms with Gasteiger partial charge in [0.05, 0.1) is 19.3 Å². The average Bonchev–Trinajstić information content (AvgIpc) is 3.18. The zero-order chi connectivity index (χ0) is 17.4. The Labute approximate surface area is 151 Å². The average molecular weight is 358 g/mol. The van der Waals surface area contributed by atoms with E-state index in [0.29, 0.717) is 19.8 Å². The molecule has 1 fully saturated rings. The molecule has 0 N–H and O–H groups in total. The van der Waals surface area contributed by atoms with Gasteiger partial charge in [-0.1, -0.05) is 30.3 Å². The third-order valence-electron chi connectivity index (χ3n) is 4.72. The highest BCUT2D eigenvalue weighted by Gasteiger charge is 2.45. The summed E-state index contributed by atoms with van der Waals surface area (Å²) in [5.41, 5.74) is 2.41. The van der Waals surface area contributed by atoms with Crippen LogP contribution in [0.2, 0.25) is 0 Å². The van der Waals surface area contributed by atoms with E-state index in [2.05, 4.69) is 30.2 Å². The van der Waals surface area contributed by atoms with Gasteiger partial charge in [-0.2, -0.15) is 5.06 Å². The molecule has 2 atom stereocenters. The molecular formula is C19H22N2O3S. The molecule has 1 amide bonds. The van der Waals surface area contributed by atoms with E-state index in [-0.39, 0.29) is 18.1 Å². The van der Waals surface area contributed by atoms with E-state index in [1.807, 2.05) is 25.1 Å². The number of nitrogens with zero attached hydrogens (tertiary/aromatic N) is 2. The lowest BCUT2D eigenvalue weighted by Gasteiger charge is -2.35. The molecule has 132 valence electrons. The summed E-state index contributed by atoms with van der Waals surface area (Å²) in [6.07, 6.45) is -0.259. The Bertz CT molecular complexity index is 761. The van der Waals surface area contributed by atoms with Gasteiger partial charge in [-0.25, -0.2) is 4.79 Å². The maximum Gasteiger partial charge on any atom is 0.414 e. The van der Waals surface area contributed by atoms with E-state index < -0.39 is 0 Å². The summed E-state index contributed by atoms with van der Waals surface area (Å²) in [6.45, 7) is 6.32. The normalized spacial score (nSPS) is 22.6. The van der Waals surface area contributed by atoms with Crippen LogP contribution in [-0.2, 0) is 16.1 Å². The van der Waals surface area contributed by atoms with Crippen molar-refractivity contribution < 1.29 is 14.4 Å². The lowest BCUT2D eigenvalue weighted by Crippen LogP contribution is -2.42. The molecule has 0 saturated carbocycles. The van der Waals surface area contributed by atoms with Crippen molar-refractivity contribution in [1.82, 2.24) is 5.06 Å². The third-order valence-corrected chi connectivity index (χ3v) is 5.81. The number of carbonyl (C=O) groups is 1. The van der Waals surface area contributed by atoms with E-state index in [9.17, 15) is 4.79 Å². The maximum absolute atomic E-state index is 12.4. The molecule has 3 heterocycles. The van der Waals surface area contributed by atoms with Crippen molar-refractivity contribution in [2.45, 2.75) is 26.4 Å². The molecule has 0 radical (unpaired) electrons. The van der Waals surface area contributed by atoms with Gasteiger partial charge >= 0.3 is 6.09 Å². The smallest absolute Gasteiger partial charge is 0.414 e.